The van der Waals surface area contributed by atoms with E-state index in [0.29, 0.717) is 11.1 Å². The molecule has 0 saturated heterocycles. The third-order valence-corrected chi connectivity index (χ3v) is 4.36. The number of aliphatic carboxylic acids is 1. The monoisotopic (exact) mass is 393 g/mol. The number of allylic oxidation sites excluding steroid dienone is 1. The Labute approximate surface area is 167 Å². The van der Waals surface area contributed by atoms with Gasteiger partial charge in [0.25, 0.3) is 0 Å². The van der Waals surface area contributed by atoms with Gasteiger partial charge in [0.15, 0.2) is 18.1 Å². The molecule has 3 rings (SSSR count). The van der Waals surface area contributed by atoms with Crippen LogP contribution in [-0.4, -0.2) is 24.8 Å². The minimum atomic E-state index is -1.12. The van der Waals surface area contributed by atoms with Crippen molar-refractivity contribution in [2.24, 2.45) is 0 Å². The number of nitriles is 1. The lowest BCUT2D eigenvalue weighted by Crippen LogP contribution is -2.10. The smallest absolute Gasteiger partial charge is 0.341 e. The number of nitrogens with zero attached hydrogens (tertiary/aromatic N) is 1. The average molecular weight is 394 g/mol. The van der Waals surface area contributed by atoms with Crippen LogP contribution in [0.1, 0.15) is 11.1 Å². The average Bonchev–Trinajstić information content (AvgIpc) is 2.70. The molecule has 0 aliphatic heterocycles. The number of carboxylic acid groups (broad SMARTS) is 1. The van der Waals surface area contributed by atoms with E-state index in [4.69, 9.17) is 26.2 Å². The van der Waals surface area contributed by atoms with Gasteiger partial charge in [0.1, 0.15) is 0 Å². The first-order valence-electron chi connectivity index (χ1n) is 8.35. The van der Waals surface area contributed by atoms with Crippen molar-refractivity contribution < 1.29 is 19.4 Å². The van der Waals surface area contributed by atoms with Gasteiger partial charge in [-0.15, -0.1) is 0 Å². The Balaban J connectivity index is 2.00. The van der Waals surface area contributed by atoms with Crippen LogP contribution in [0.4, 0.5) is 0 Å². The minimum Gasteiger partial charge on any atom is -0.493 e. The summed E-state index contributed by atoms with van der Waals surface area (Å²) in [4.78, 5) is 10.7. The predicted octanol–water partition coefficient (Wildman–Crippen LogP) is 5.03. The van der Waals surface area contributed by atoms with Gasteiger partial charge in [0.2, 0.25) is 0 Å². The number of rotatable bonds is 6. The molecule has 1 N–H and O–H groups in total. The van der Waals surface area contributed by atoms with Crippen molar-refractivity contribution in [1.82, 2.24) is 0 Å². The lowest BCUT2D eigenvalue weighted by molar-refractivity contribution is -0.139. The maximum absolute atomic E-state index is 10.7. The van der Waals surface area contributed by atoms with Crippen molar-refractivity contribution in [3.63, 3.8) is 0 Å². The van der Waals surface area contributed by atoms with Crippen LogP contribution in [0.2, 0.25) is 5.02 Å². The van der Waals surface area contributed by atoms with E-state index in [1.165, 1.54) is 7.11 Å². The molecule has 0 aromatic heterocycles. The van der Waals surface area contributed by atoms with Gasteiger partial charge in [-0.2, -0.15) is 5.26 Å². The zero-order chi connectivity index (χ0) is 20.1. The highest BCUT2D eigenvalue weighted by atomic mass is 35.5. The first kappa shape index (κ1) is 19.3. The number of hydrogen-bond donors (Lipinski definition) is 1. The number of ether oxygens (including phenoxy) is 2. The number of halogens is 1. The summed E-state index contributed by atoms with van der Waals surface area (Å²) in [5, 5.41) is 20.7. The number of fused-ring (bicyclic) bond motifs is 1. The predicted molar refractivity (Wildman–Crippen MR) is 109 cm³/mol. The minimum absolute atomic E-state index is 0.146. The van der Waals surface area contributed by atoms with Crippen LogP contribution in [0.3, 0.4) is 0 Å². The molecule has 3 aromatic carbocycles. The Bertz CT molecular complexity index is 1120. The van der Waals surface area contributed by atoms with Crippen molar-refractivity contribution in [2.45, 2.75) is 0 Å². The summed E-state index contributed by atoms with van der Waals surface area (Å²) in [6.07, 6.45) is 1.69. The van der Waals surface area contributed by atoms with E-state index in [9.17, 15) is 10.1 Å². The molecule has 3 aromatic rings. The second-order valence-corrected chi connectivity index (χ2v) is 6.36. The van der Waals surface area contributed by atoms with Crippen LogP contribution in [0.5, 0.6) is 11.5 Å². The van der Waals surface area contributed by atoms with Gasteiger partial charge in [-0.3, -0.25) is 0 Å². The maximum atomic E-state index is 10.7. The summed E-state index contributed by atoms with van der Waals surface area (Å²) in [6, 6.07) is 19.2. The van der Waals surface area contributed by atoms with Gasteiger partial charge in [-0.25, -0.2) is 4.79 Å². The number of benzene rings is 3. The first-order chi connectivity index (χ1) is 13.5. The second-order valence-electron chi connectivity index (χ2n) is 5.95. The Morgan fingerprint density at radius 3 is 2.61 bits per heavy atom. The normalized spacial score (nSPS) is 11.1. The number of hydrogen-bond acceptors (Lipinski definition) is 4. The summed E-state index contributed by atoms with van der Waals surface area (Å²) >= 11 is 6.24. The topological polar surface area (TPSA) is 79.5 Å². The van der Waals surface area contributed by atoms with Crippen LogP contribution < -0.4 is 9.47 Å². The molecule has 0 aliphatic carbocycles. The van der Waals surface area contributed by atoms with Crippen molar-refractivity contribution in [1.29, 1.82) is 5.26 Å². The number of carboxylic acids is 1. The summed E-state index contributed by atoms with van der Waals surface area (Å²) < 4.78 is 10.5. The van der Waals surface area contributed by atoms with Crippen LogP contribution in [0.15, 0.2) is 54.6 Å². The van der Waals surface area contributed by atoms with Crippen molar-refractivity contribution in [3.8, 4) is 17.6 Å². The fourth-order valence-corrected chi connectivity index (χ4v) is 3.07. The molecule has 5 nitrogen and oxygen atoms in total. The maximum Gasteiger partial charge on any atom is 0.341 e. The highest BCUT2D eigenvalue weighted by Crippen LogP contribution is 2.37. The van der Waals surface area contributed by atoms with Crippen molar-refractivity contribution >= 4 is 40.0 Å². The molecular weight excluding hydrogens is 378 g/mol. The lowest BCUT2D eigenvalue weighted by Gasteiger charge is -2.12. The zero-order valence-corrected chi connectivity index (χ0v) is 15.7. The quantitative estimate of drug-likeness (QED) is 0.469. The first-order valence-corrected chi connectivity index (χ1v) is 8.72. The molecule has 0 saturated carbocycles. The van der Waals surface area contributed by atoms with Gasteiger partial charge < -0.3 is 14.6 Å². The SMILES string of the molecule is COc1cc(/C=C(/C#N)c2ccc3ccccc3c2)cc(Cl)c1OCC(=O)O. The van der Waals surface area contributed by atoms with Gasteiger partial charge in [-0.1, -0.05) is 48.0 Å². The third kappa shape index (κ3) is 4.25. The van der Waals surface area contributed by atoms with Crippen LogP contribution in [-0.2, 0) is 4.79 Å². The van der Waals surface area contributed by atoms with Crippen LogP contribution in [0, 0.1) is 11.3 Å². The molecule has 0 heterocycles. The van der Waals surface area contributed by atoms with E-state index in [2.05, 4.69) is 6.07 Å². The highest BCUT2D eigenvalue weighted by Gasteiger charge is 2.14. The van der Waals surface area contributed by atoms with Crippen LogP contribution in [0.25, 0.3) is 22.4 Å². The van der Waals surface area contributed by atoms with Crippen molar-refractivity contribution in [2.75, 3.05) is 13.7 Å². The molecule has 0 amide bonds. The standard InChI is InChI=1S/C22H16ClNO4/c1-27-20-10-14(9-19(23)22(20)28-13-21(25)26)8-18(12-24)17-7-6-15-4-2-3-5-16(15)11-17/h2-11H,13H2,1H3,(H,25,26)/b18-8-. The molecule has 0 atom stereocenters. The third-order valence-electron chi connectivity index (χ3n) is 4.08. The molecule has 0 spiro atoms. The Morgan fingerprint density at radius 1 is 1.18 bits per heavy atom. The van der Waals surface area contributed by atoms with E-state index < -0.39 is 12.6 Å². The number of methoxy groups -OCH3 is 1. The van der Waals surface area contributed by atoms with E-state index in [-0.39, 0.29) is 16.5 Å². The van der Waals surface area contributed by atoms with Gasteiger partial charge >= 0.3 is 5.97 Å². The second kappa shape index (κ2) is 8.47. The molecule has 140 valence electrons. The van der Waals surface area contributed by atoms with Gasteiger partial charge in [-0.05, 0) is 46.2 Å². The van der Waals surface area contributed by atoms with E-state index in [1.807, 2.05) is 42.5 Å². The molecule has 6 heteroatoms. The molecule has 0 fully saturated rings. The van der Waals surface area contributed by atoms with Crippen molar-refractivity contribution in [3.05, 3.63) is 70.7 Å². The molecular formula is C22H16ClNO4. The Morgan fingerprint density at radius 2 is 1.93 bits per heavy atom. The summed E-state index contributed by atoms with van der Waals surface area (Å²) in [5.41, 5.74) is 1.87. The Kier molecular flexibility index (Phi) is 5.83. The summed E-state index contributed by atoms with van der Waals surface area (Å²) in [6.45, 7) is -0.536. The lowest BCUT2D eigenvalue weighted by atomic mass is 10.00. The van der Waals surface area contributed by atoms with E-state index >= 15 is 0 Å². The number of carbonyl (C=O) groups is 1. The molecule has 0 bridgehead atoms. The van der Waals surface area contributed by atoms with Crippen LogP contribution >= 0.6 is 11.6 Å². The molecule has 0 aliphatic rings. The van der Waals surface area contributed by atoms with Gasteiger partial charge in [0, 0.05) is 0 Å². The summed E-state index contributed by atoms with van der Waals surface area (Å²) in [7, 11) is 1.43. The van der Waals surface area contributed by atoms with E-state index in [1.54, 1.807) is 18.2 Å². The zero-order valence-electron chi connectivity index (χ0n) is 15.0. The Hall–Kier alpha value is -3.49. The van der Waals surface area contributed by atoms with E-state index in [0.717, 1.165) is 16.3 Å². The molecule has 0 unspecified atom stereocenters. The highest BCUT2D eigenvalue weighted by molar-refractivity contribution is 6.32. The molecule has 0 radical (unpaired) electrons. The fraction of sp³-hybridized carbons (Fsp3) is 0.0909. The summed E-state index contributed by atoms with van der Waals surface area (Å²) in [5.74, 6) is -0.686. The van der Waals surface area contributed by atoms with Gasteiger partial charge in [0.05, 0.1) is 23.8 Å². The fourth-order valence-electron chi connectivity index (χ4n) is 2.80. The molecule has 28 heavy (non-hydrogen) atoms. The largest absolute Gasteiger partial charge is 0.493 e.